The van der Waals surface area contributed by atoms with Crippen LogP contribution in [-0.4, -0.2) is 11.1 Å². The van der Waals surface area contributed by atoms with Crippen LogP contribution in [0.5, 0.6) is 0 Å². The van der Waals surface area contributed by atoms with Crippen LogP contribution in [0.25, 0.3) is 0 Å². The highest BCUT2D eigenvalue weighted by Gasteiger charge is 2.24. The van der Waals surface area contributed by atoms with E-state index in [1.165, 1.54) is 0 Å². The molecule has 0 unspecified atom stereocenters. The van der Waals surface area contributed by atoms with Crippen molar-refractivity contribution >= 4 is 5.97 Å². The molecule has 0 fully saturated rings. The summed E-state index contributed by atoms with van der Waals surface area (Å²) >= 11 is 0. The molecule has 0 aromatic heterocycles. The minimum absolute atomic E-state index is 0.289. The van der Waals surface area contributed by atoms with Gasteiger partial charge in [-0.3, -0.25) is 0 Å². The monoisotopic (exact) mass is 157 g/mol. The van der Waals surface area contributed by atoms with Gasteiger partial charge in [0.2, 0.25) is 0 Å². The molecule has 0 aliphatic rings. The molecule has 3 nitrogen and oxygen atoms in total. The molecule has 0 rings (SSSR count). The van der Waals surface area contributed by atoms with E-state index in [1.54, 1.807) is 6.92 Å². The van der Waals surface area contributed by atoms with Crippen molar-refractivity contribution in [2.45, 2.75) is 27.7 Å². The third kappa shape index (κ3) is 2.62. The van der Waals surface area contributed by atoms with E-state index in [0.29, 0.717) is 5.70 Å². The highest BCUT2D eigenvalue weighted by molar-refractivity contribution is 5.88. The van der Waals surface area contributed by atoms with Gasteiger partial charge in [-0.25, -0.2) is 4.79 Å². The van der Waals surface area contributed by atoms with Crippen LogP contribution < -0.4 is 5.73 Å². The predicted molar refractivity (Wildman–Crippen MR) is 44.0 cm³/mol. The Hall–Kier alpha value is -0.990. The summed E-state index contributed by atoms with van der Waals surface area (Å²) in [6.45, 7) is 7.08. The molecule has 3 heteroatoms. The van der Waals surface area contributed by atoms with Gasteiger partial charge in [-0.15, -0.1) is 0 Å². The lowest BCUT2D eigenvalue weighted by Gasteiger charge is -2.20. The highest BCUT2D eigenvalue weighted by Crippen LogP contribution is 2.26. The van der Waals surface area contributed by atoms with Gasteiger partial charge in [0.15, 0.2) is 0 Å². The van der Waals surface area contributed by atoms with Crippen LogP contribution in [0.15, 0.2) is 11.3 Å². The summed E-state index contributed by atoms with van der Waals surface area (Å²) < 4.78 is 0. The Morgan fingerprint density at radius 2 is 1.73 bits per heavy atom. The van der Waals surface area contributed by atoms with Gasteiger partial charge in [-0.05, 0) is 12.3 Å². The molecule has 0 radical (unpaired) electrons. The molecule has 0 aliphatic carbocycles. The second-order valence-corrected chi connectivity index (χ2v) is 3.61. The van der Waals surface area contributed by atoms with E-state index in [-0.39, 0.29) is 11.0 Å². The van der Waals surface area contributed by atoms with Crippen LogP contribution in [0, 0.1) is 5.41 Å². The van der Waals surface area contributed by atoms with E-state index in [2.05, 4.69) is 0 Å². The molecule has 0 aromatic carbocycles. The topological polar surface area (TPSA) is 63.3 Å². The van der Waals surface area contributed by atoms with Crippen LogP contribution >= 0.6 is 0 Å². The number of carboxylic acid groups (broad SMARTS) is 1. The summed E-state index contributed by atoms with van der Waals surface area (Å²) in [5, 5.41) is 8.74. The average molecular weight is 157 g/mol. The van der Waals surface area contributed by atoms with Gasteiger partial charge in [0.1, 0.15) is 0 Å². The third-order valence-electron chi connectivity index (χ3n) is 1.36. The summed E-state index contributed by atoms with van der Waals surface area (Å²) in [6, 6.07) is 0. The summed E-state index contributed by atoms with van der Waals surface area (Å²) in [5.74, 6) is -0.933. The Balaban J connectivity index is 4.96. The van der Waals surface area contributed by atoms with Gasteiger partial charge in [0.05, 0.1) is 5.57 Å². The normalized spacial score (nSPS) is 14.2. The van der Waals surface area contributed by atoms with Crippen LogP contribution in [0.3, 0.4) is 0 Å². The first-order valence-electron chi connectivity index (χ1n) is 3.47. The van der Waals surface area contributed by atoms with E-state index in [9.17, 15) is 4.79 Å². The zero-order valence-corrected chi connectivity index (χ0v) is 7.43. The Labute approximate surface area is 66.9 Å². The maximum Gasteiger partial charge on any atom is 0.333 e. The molecule has 64 valence electrons. The van der Waals surface area contributed by atoms with E-state index in [4.69, 9.17) is 10.8 Å². The summed E-state index contributed by atoms with van der Waals surface area (Å²) in [7, 11) is 0. The first-order chi connectivity index (χ1) is 4.76. The quantitative estimate of drug-likeness (QED) is 0.565. The molecule has 0 saturated carbocycles. The maximum atomic E-state index is 10.6. The van der Waals surface area contributed by atoms with Crippen molar-refractivity contribution in [1.82, 2.24) is 0 Å². The fraction of sp³-hybridized carbons (Fsp3) is 0.625. The van der Waals surface area contributed by atoms with Gasteiger partial charge in [-0.1, -0.05) is 20.8 Å². The van der Waals surface area contributed by atoms with Crippen molar-refractivity contribution in [3.05, 3.63) is 11.3 Å². The van der Waals surface area contributed by atoms with E-state index >= 15 is 0 Å². The number of hydrogen-bond donors (Lipinski definition) is 2. The van der Waals surface area contributed by atoms with Crippen molar-refractivity contribution in [3.8, 4) is 0 Å². The third-order valence-corrected chi connectivity index (χ3v) is 1.36. The van der Waals surface area contributed by atoms with Gasteiger partial charge in [-0.2, -0.15) is 0 Å². The lowest BCUT2D eigenvalue weighted by atomic mass is 9.85. The second kappa shape index (κ2) is 2.95. The standard InChI is InChI=1S/C8H15NO2/c1-5(9)6(7(10)11)8(2,3)4/h9H2,1-4H3,(H,10,11)/b6-5+. The molecule has 3 N–H and O–H groups in total. The SMILES string of the molecule is C/C(N)=C(/C(=O)O)C(C)(C)C. The maximum absolute atomic E-state index is 10.6. The fourth-order valence-corrected chi connectivity index (χ4v) is 1.08. The number of rotatable bonds is 1. The molecule has 11 heavy (non-hydrogen) atoms. The molecule has 0 heterocycles. The number of hydrogen-bond acceptors (Lipinski definition) is 2. The molecule has 0 spiro atoms. The van der Waals surface area contributed by atoms with Gasteiger partial charge >= 0.3 is 5.97 Å². The molecular weight excluding hydrogens is 142 g/mol. The lowest BCUT2D eigenvalue weighted by Crippen LogP contribution is -2.21. The molecule has 0 amide bonds. The van der Waals surface area contributed by atoms with E-state index in [1.807, 2.05) is 20.8 Å². The molecular formula is C8H15NO2. The predicted octanol–water partition coefficient (Wildman–Crippen LogP) is 1.35. The van der Waals surface area contributed by atoms with E-state index < -0.39 is 5.97 Å². The van der Waals surface area contributed by atoms with E-state index in [0.717, 1.165) is 0 Å². The first-order valence-corrected chi connectivity index (χ1v) is 3.47. The number of carbonyl (C=O) groups is 1. The van der Waals surface area contributed by atoms with Crippen LogP contribution in [-0.2, 0) is 4.79 Å². The molecule has 0 aliphatic heterocycles. The number of nitrogens with two attached hydrogens (primary N) is 1. The Kier molecular flexibility index (Phi) is 2.68. The van der Waals surface area contributed by atoms with Gasteiger partial charge in [0, 0.05) is 5.70 Å². The van der Waals surface area contributed by atoms with Crippen LogP contribution in [0.4, 0.5) is 0 Å². The zero-order chi connectivity index (χ0) is 9.23. The Morgan fingerprint density at radius 3 is 1.73 bits per heavy atom. The van der Waals surface area contributed by atoms with Crippen LogP contribution in [0.1, 0.15) is 27.7 Å². The zero-order valence-electron chi connectivity index (χ0n) is 7.43. The second-order valence-electron chi connectivity index (χ2n) is 3.61. The van der Waals surface area contributed by atoms with Crippen molar-refractivity contribution in [2.24, 2.45) is 11.1 Å². The Morgan fingerprint density at radius 1 is 1.36 bits per heavy atom. The average Bonchev–Trinajstić information content (AvgIpc) is 1.54. The summed E-state index contributed by atoms with van der Waals surface area (Å²) in [5.41, 5.74) is 5.71. The molecule has 0 atom stereocenters. The largest absolute Gasteiger partial charge is 0.478 e. The number of carboxylic acids is 1. The van der Waals surface area contributed by atoms with Crippen molar-refractivity contribution < 1.29 is 9.90 Å². The van der Waals surface area contributed by atoms with Gasteiger partial charge < -0.3 is 10.8 Å². The molecule has 0 saturated heterocycles. The minimum atomic E-state index is -0.933. The molecule has 0 aromatic rings. The van der Waals surface area contributed by atoms with Crippen molar-refractivity contribution in [2.75, 3.05) is 0 Å². The fourth-order valence-electron chi connectivity index (χ4n) is 1.08. The molecule has 0 bridgehead atoms. The number of allylic oxidation sites excluding steroid dienone is 1. The highest BCUT2D eigenvalue weighted by atomic mass is 16.4. The van der Waals surface area contributed by atoms with Gasteiger partial charge in [0.25, 0.3) is 0 Å². The smallest absolute Gasteiger partial charge is 0.333 e. The summed E-state index contributed by atoms with van der Waals surface area (Å²) in [4.78, 5) is 10.6. The van der Waals surface area contributed by atoms with Crippen molar-refractivity contribution in [3.63, 3.8) is 0 Å². The van der Waals surface area contributed by atoms with Crippen LogP contribution in [0.2, 0.25) is 0 Å². The Bertz CT molecular complexity index is 195. The first kappa shape index (κ1) is 10.0. The minimum Gasteiger partial charge on any atom is -0.478 e. The number of aliphatic carboxylic acids is 1. The summed E-state index contributed by atoms with van der Waals surface area (Å²) in [6.07, 6.45) is 0. The van der Waals surface area contributed by atoms with Crippen molar-refractivity contribution in [1.29, 1.82) is 0 Å². The lowest BCUT2D eigenvalue weighted by molar-refractivity contribution is -0.133.